The van der Waals surface area contributed by atoms with Gasteiger partial charge in [0.2, 0.25) is 11.4 Å². The van der Waals surface area contributed by atoms with E-state index in [9.17, 15) is 19.5 Å². The average Bonchev–Trinajstić information content (AvgIpc) is 3.29. The maximum Gasteiger partial charge on any atom is 0.317 e. The molecule has 1 aromatic carbocycles. The normalized spacial score (nSPS) is 51.5. The van der Waals surface area contributed by atoms with Crippen LogP contribution >= 0.6 is 0 Å². The van der Waals surface area contributed by atoms with Crippen molar-refractivity contribution in [2.24, 2.45) is 72.4 Å². The second kappa shape index (κ2) is 13.8. The monoisotopic (exact) mass is 931 g/mol. The molecule has 1 aliphatic heterocycles. The fourth-order valence-corrected chi connectivity index (χ4v) is 19.8. The van der Waals surface area contributed by atoms with E-state index >= 15 is 0 Å². The number of carbonyl (C=O) groups excluding carboxylic acids is 3. The van der Waals surface area contributed by atoms with Gasteiger partial charge < -0.3 is 24.1 Å². The molecule has 370 valence electrons. The van der Waals surface area contributed by atoms with Gasteiger partial charge in [-0.3, -0.25) is 14.4 Å². The molecule has 0 saturated heterocycles. The molecule has 0 aromatic heterocycles. The highest BCUT2D eigenvalue weighted by Gasteiger charge is 2.73. The van der Waals surface area contributed by atoms with Gasteiger partial charge in [-0.1, -0.05) is 73.6 Å². The van der Waals surface area contributed by atoms with Gasteiger partial charge in [0, 0.05) is 16.6 Å². The Bertz CT molecular complexity index is 2550. The van der Waals surface area contributed by atoms with Crippen molar-refractivity contribution < 1.29 is 38.4 Å². The molecule has 0 spiro atoms. The molecule has 0 bridgehead atoms. The summed E-state index contributed by atoms with van der Waals surface area (Å²) < 4.78 is 25.0. The first-order chi connectivity index (χ1) is 31.6. The highest BCUT2D eigenvalue weighted by molar-refractivity contribution is 6.02. The van der Waals surface area contributed by atoms with Crippen molar-refractivity contribution in [3.8, 4) is 11.5 Å². The maximum atomic E-state index is 15.0. The molecule has 0 unspecified atom stereocenters. The van der Waals surface area contributed by atoms with Crippen LogP contribution in [0.25, 0.3) is 6.08 Å². The van der Waals surface area contributed by atoms with Crippen molar-refractivity contribution >= 4 is 23.8 Å². The molecule has 6 saturated carbocycles. The van der Waals surface area contributed by atoms with Gasteiger partial charge >= 0.3 is 17.7 Å². The molecule has 1 N–H and O–H groups in total. The van der Waals surface area contributed by atoms with Crippen LogP contribution in [0.1, 0.15) is 189 Å². The Balaban J connectivity index is 0.935. The second-order valence-electron chi connectivity index (χ2n) is 27.8. The molecular weight excluding hydrogens is 849 g/mol. The SMILES string of the molecule is COC(=O)[C@]1(C)CC[C@]2(C)CC[C@]3(C)[C@@H]4C=Cc5c(cc6c(c5C)O[C@@]5(C)C7=CC[C@H]8[C@@](C)(CC[C@@]9(C)[C@@H]%10C[C@](C)(C(=O)OC)CC[C@]%10(C)CC[C@]89C)C7=CC(=O)[C@@]5(O)O6)[C@]4(C)CC[C@@]3(C)[C@@H]2C1. The fraction of sp³-hybridized carbons (Fsp3) is 0.750. The fourth-order valence-electron chi connectivity index (χ4n) is 19.8. The third-order valence-electron chi connectivity index (χ3n) is 25.1. The van der Waals surface area contributed by atoms with Gasteiger partial charge in [-0.25, -0.2) is 0 Å². The van der Waals surface area contributed by atoms with E-state index in [2.05, 4.69) is 100 Å². The van der Waals surface area contributed by atoms with Crippen LogP contribution in [0.2, 0.25) is 0 Å². The topological polar surface area (TPSA) is 108 Å². The van der Waals surface area contributed by atoms with Gasteiger partial charge in [0.25, 0.3) is 0 Å². The number of ether oxygens (including phenoxy) is 4. The minimum absolute atomic E-state index is 0.00834. The molecule has 1 aromatic rings. The number of benzene rings is 1. The Hall–Kier alpha value is -3.39. The zero-order valence-corrected chi connectivity index (χ0v) is 44.1. The number of carbonyl (C=O) groups is 3. The van der Waals surface area contributed by atoms with E-state index in [1.54, 1.807) is 6.08 Å². The number of methoxy groups -OCH3 is 2. The van der Waals surface area contributed by atoms with Crippen LogP contribution in [0.5, 0.6) is 11.5 Å². The van der Waals surface area contributed by atoms with E-state index < -0.39 is 28.0 Å². The van der Waals surface area contributed by atoms with Gasteiger partial charge in [0.15, 0.2) is 11.5 Å². The van der Waals surface area contributed by atoms with E-state index in [0.717, 1.165) is 119 Å². The van der Waals surface area contributed by atoms with Crippen LogP contribution in [0.3, 0.4) is 0 Å². The molecular formula is C60H82O8. The maximum absolute atomic E-state index is 15.0. The minimum atomic E-state index is -2.25. The van der Waals surface area contributed by atoms with Gasteiger partial charge in [-0.15, -0.1) is 0 Å². The standard InChI is InChI=1S/C60H82O8/c1-35-36-15-17-41-53(6,25-29-57(10)43-33-51(4,47(62)65-13)21-19-49(43,2)23-27-55(41,57)8)38(36)31-40-46(35)68-59(12)37-16-18-42-54(7,39(37)32-45(61)60(59,64)67-40)26-30-58(11)44-34-52(5,48(63)66-14)22-20-50(44,3)24-28-56(42,58)9/h15-17,31-32,41-44,64H,18-30,33-34H2,1-14H3/t41-,42+,43-,44-,49-,50-,51-,52-,53+,54+,55-,56-,57+,58+,59+,60-/m1/s1. The van der Waals surface area contributed by atoms with Crippen LogP contribution in [-0.4, -0.2) is 48.4 Å². The smallest absolute Gasteiger partial charge is 0.317 e. The Labute approximate surface area is 407 Å². The molecule has 68 heavy (non-hydrogen) atoms. The lowest BCUT2D eigenvalue weighted by molar-refractivity contribution is -0.236. The number of hydrogen-bond donors (Lipinski definition) is 1. The highest BCUT2D eigenvalue weighted by Crippen LogP contribution is 2.78. The zero-order valence-electron chi connectivity index (χ0n) is 44.1. The number of allylic oxidation sites excluding steroid dienone is 2. The molecule has 1 heterocycles. The summed E-state index contributed by atoms with van der Waals surface area (Å²) in [7, 11) is 3.07. The molecule has 10 aliphatic rings. The Morgan fingerprint density at radius 3 is 1.71 bits per heavy atom. The molecule has 0 radical (unpaired) electrons. The van der Waals surface area contributed by atoms with E-state index in [4.69, 9.17) is 18.9 Å². The summed E-state index contributed by atoms with van der Waals surface area (Å²) in [6.45, 7) is 28.2. The predicted octanol–water partition coefficient (Wildman–Crippen LogP) is 12.7. The Morgan fingerprint density at radius 2 is 1.13 bits per heavy atom. The summed E-state index contributed by atoms with van der Waals surface area (Å²) in [6, 6.07) is 2.12. The summed E-state index contributed by atoms with van der Waals surface area (Å²) in [5.74, 6) is -0.536. The highest BCUT2D eigenvalue weighted by atomic mass is 16.7. The number of ketones is 1. The van der Waals surface area contributed by atoms with E-state index in [1.807, 2.05) is 6.92 Å². The third kappa shape index (κ3) is 5.31. The van der Waals surface area contributed by atoms with Crippen LogP contribution in [0.15, 0.2) is 35.4 Å². The number of esters is 2. The summed E-state index contributed by atoms with van der Waals surface area (Å²) in [5, 5.41) is 12.9. The predicted molar refractivity (Wildman–Crippen MR) is 264 cm³/mol. The summed E-state index contributed by atoms with van der Waals surface area (Å²) in [5.41, 5.74) is 2.50. The van der Waals surface area contributed by atoms with Crippen molar-refractivity contribution in [3.63, 3.8) is 0 Å². The van der Waals surface area contributed by atoms with Crippen LogP contribution < -0.4 is 9.47 Å². The lowest BCUT2D eigenvalue weighted by atomic mass is 9.32. The Morgan fingerprint density at radius 1 is 0.632 bits per heavy atom. The number of hydrogen-bond acceptors (Lipinski definition) is 8. The lowest BCUT2D eigenvalue weighted by Gasteiger charge is -2.72. The summed E-state index contributed by atoms with van der Waals surface area (Å²) >= 11 is 0. The zero-order chi connectivity index (χ0) is 49.1. The summed E-state index contributed by atoms with van der Waals surface area (Å²) in [4.78, 5) is 41.6. The van der Waals surface area contributed by atoms with E-state index in [1.165, 1.54) is 19.8 Å². The van der Waals surface area contributed by atoms with Crippen LogP contribution in [0, 0.1) is 79.3 Å². The van der Waals surface area contributed by atoms with Gasteiger partial charge in [0.1, 0.15) is 0 Å². The second-order valence-corrected chi connectivity index (χ2v) is 27.8. The Kier molecular flexibility index (Phi) is 9.50. The number of aliphatic hydroxyl groups is 1. The first kappa shape index (κ1) is 47.0. The van der Waals surface area contributed by atoms with E-state index in [-0.39, 0.29) is 67.1 Å². The van der Waals surface area contributed by atoms with Gasteiger partial charge in [-0.2, -0.15) is 0 Å². The largest absolute Gasteiger partial charge is 0.471 e. The third-order valence-corrected chi connectivity index (χ3v) is 25.1. The van der Waals surface area contributed by atoms with Crippen molar-refractivity contribution in [1.29, 1.82) is 0 Å². The van der Waals surface area contributed by atoms with Gasteiger partial charge in [-0.05, 0) is 214 Å². The quantitative estimate of drug-likeness (QED) is 0.292. The van der Waals surface area contributed by atoms with Gasteiger partial charge in [0.05, 0.1) is 25.0 Å². The van der Waals surface area contributed by atoms with Crippen LogP contribution in [0.4, 0.5) is 0 Å². The molecule has 8 heteroatoms. The number of fused-ring (bicyclic) bond motifs is 17. The first-order valence-electron chi connectivity index (χ1n) is 26.7. The van der Waals surface area contributed by atoms with Crippen molar-refractivity contribution in [2.75, 3.05) is 14.2 Å². The lowest BCUT2D eigenvalue weighted by Crippen LogP contribution is -2.71. The number of rotatable bonds is 2. The first-order valence-corrected chi connectivity index (χ1v) is 26.7. The molecule has 0 amide bonds. The van der Waals surface area contributed by atoms with Crippen molar-refractivity contribution in [1.82, 2.24) is 0 Å². The van der Waals surface area contributed by atoms with Crippen LogP contribution in [-0.2, 0) is 29.3 Å². The summed E-state index contributed by atoms with van der Waals surface area (Å²) in [6.07, 6.45) is 23.6. The molecule has 16 atom stereocenters. The minimum Gasteiger partial charge on any atom is -0.471 e. The van der Waals surface area contributed by atoms with Crippen molar-refractivity contribution in [3.05, 3.63) is 52.1 Å². The van der Waals surface area contributed by atoms with E-state index in [0.29, 0.717) is 23.3 Å². The molecule has 9 aliphatic carbocycles. The van der Waals surface area contributed by atoms with Crippen molar-refractivity contribution in [2.45, 2.75) is 196 Å². The molecule has 11 rings (SSSR count). The molecule has 8 nitrogen and oxygen atoms in total. The molecule has 6 fully saturated rings. The average molecular weight is 931 g/mol.